The minimum Gasteiger partial charge on any atom is -0.507 e. The topological polar surface area (TPSA) is 151 Å². The Kier molecular flexibility index (Phi) is 7.05. The van der Waals surface area contributed by atoms with Crippen molar-refractivity contribution in [1.82, 2.24) is 25.1 Å². The van der Waals surface area contributed by atoms with E-state index >= 15 is 0 Å². The summed E-state index contributed by atoms with van der Waals surface area (Å²) in [4.78, 5) is 28.2. The van der Waals surface area contributed by atoms with Gasteiger partial charge in [-0.15, -0.1) is 10.2 Å². The molecule has 1 aromatic carbocycles. The molecule has 2 atom stereocenters. The van der Waals surface area contributed by atoms with Crippen LogP contribution in [-0.4, -0.2) is 80.4 Å². The SMILES string of the molecule is NC(=O)C[C@H]1C[C@H](N2CCC(c3cnc(N4C5CCC4CN(c4cc(-c6ccccc6O)nnc4N)C5)nc3)CC2)C1. The number of phenolic OH excluding ortho intramolecular Hbond substituents is 1. The van der Waals surface area contributed by atoms with Crippen LogP contribution in [0.2, 0.25) is 0 Å². The van der Waals surface area contributed by atoms with Crippen LogP contribution in [0.4, 0.5) is 17.5 Å². The minimum atomic E-state index is -0.175. The molecule has 5 N–H and O–H groups in total. The van der Waals surface area contributed by atoms with Crippen LogP contribution in [0.3, 0.4) is 0 Å². The highest BCUT2D eigenvalue weighted by Gasteiger charge is 2.42. The molecule has 1 aliphatic carbocycles. The van der Waals surface area contributed by atoms with Crippen LogP contribution >= 0.6 is 0 Å². The molecule has 2 unspecified atom stereocenters. The first-order valence-corrected chi connectivity index (χ1v) is 15.2. The minimum absolute atomic E-state index is 0.173. The lowest BCUT2D eigenvalue weighted by Crippen LogP contribution is -2.54. The van der Waals surface area contributed by atoms with Gasteiger partial charge in [0, 0.05) is 55.6 Å². The quantitative estimate of drug-likeness (QED) is 0.387. The predicted molar refractivity (Wildman–Crippen MR) is 161 cm³/mol. The Hall–Kier alpha value is -3.99. The number of rotatable bonds is 7. The van der Waals surface area contributed by atoms with E-state index in [1.165, 1.54) is 5.56 Å². The van der Waals surface area contributed by atoms with E-state index < -0.39 is 0 Å². The van der Waals surface area contributed by atoms with Crippen LogP contribution in [0.25, 0.3) is 11.3 Å². The molecule has 11 nitrogen and oxygen atoms in total. The van der Waals surface area contributed by atoms with E-state index in [4.69, 9.17) is 21.4 Å². The second-order valence-electron chi connectivity index (χ2n) is 12.5. The Morgan fingerprint density at radius 2 is 1.64 bits per heavy atom. The lowest BCUT2D eigenvalue weighted by Gasteiger charge is -2.45. The van der Waals surface area contributed by atoms with Crippen LogP contribution in [0, 0.1) is 5.92 Å². The number of carbonyl (C=O) groups excluding carboxylic acids is 1. The van der Waals surface area contributed by atoms with Gasteiger partial charge in [0.15, 0.2) is 5.82 Å². The van der Waals surface area contributed by atoms with Crippen LogP contribution < -0.4 is 21.3 Å². The van der Waals surface area contributed by atoms with Gasteiger partial charge in [0.25, 0.3) is 0 Å². The Balaban J connectivity index is 0.981. The van der Waals surface area contributed by atoms with Gasteiger partial charge in [-0.3, -0.25) is 4.79 Å². The molecule has 2 bridgehead atoms. The maximum absolute atomic E-state index is 11.2. The highest BCUT2D eigenvalue weighted by atomic mass is 16.3. The molecule has 0 spiro atoms. The molecule has 1 saturated carbocycles. The summed E-state index contributed by atoms with van der Waals surface area (Å²) in [7, 11) is 0. The summed E-state index contributed by atoms with van der Waals surface area (Å²) in [5.74, 6) is 2.18. The number of hydrogen-bond acceptors (Lipinski definition) is 10. The largest absolute Gasteiger partial charge is 0.507 e. The molecule has 3 aliphatic heterocycles. The number of aromatic nitrogens is 4. The van der Waals surface area contributed by atoms with E-state index in [-0.39, 0.29) is 11.7 Å². The predicted octanol–water partition coefficient (Wildman–Crippen LogP) is 2.91. The zero-order valence-electron chi connectivity index (χ0n) is 23.8. The van der Waals surface area contributed by atoms with Gasteiger partial charge >= 0.3 is 0 Å². The zero-order chi connectivity index (χ0) is 28.8. The van der Waals surface area contributed by atoms with Gasteiger partial charge in [-0.05, 0) is 87.2 Å². The number of nitrogen functional groups attached to an aromatic ring is 1. The first kappa shape index (κ1) is 26.9. The summed E-state index contributed by atoms with van der Waals surface area (Å²) in [5.41, 5.74) is 15.0. The Bertz CT molecular complexity index is 1420. The maximum atomic E-state index is 11.2. The van der Waals surface area contributed by atoms with E-state index in [1.54, 1.807) is 12.1 Å². The molecule has 0 radical (unpaired) electrons. The highest BCUT2D eigenvalue weighted by Crippen LogP contribution is 2.40. The van der Waals surface area contributed by atoms with Gasteiger partial charge in [0.2, 0.25) is 11.9 Å². The van der Waals surface area contributed by atoms with Crippen molar-refractivity contribution in [2.75, 3.05) is 41.7 Å². The lowest BCUT2D eigenvalue weighted by molar-refractivity contribution is -0.120. The van der Waals surface area contributed by atoms with Gasteiger partial charge in [-0.25, -0.2) is 9.97 Å². The van der Waals surface area contributed by atoms with Crippen molar-refractivity contribution in [1.29, 1.82) is 0 Å². The summed E-state index contributed by atoms with van der Waals surface area (Å²) < 4.78 is 0. The number of para-hydroxylation sites is 1. The number of nitrogens with two attached hydrogens (primary N) is 2. The number of primary amides is 1. The average Bonchev–Trinajstić information content (AvgIpc) is 3.24. The highest BCUT2D eigenvalue weighted by molar-refractivity contribution is 5.75. The van der Waals surface area contributed by atoms with E-state index in [1.807, 2.05) is 30.6 Å². The van der Waals surface area contributed by atoms with Crippen molar-refractivity contribution in [3.63, 3.8) is 0 Å². The molecular formula is C31H39N9O2. The van der Waals surface area contributed by atoms with Gasteiger partial charge in [-0.1, -0.05) is 12.1 Å². The number of anilines is 3. The number of piperidine rings is 1. The van der Waals surface area contributed by atoms with Gasteiger partial charge < -0.3 is 31.3 Å². The fourth-order valence-electron chi connectivity index (χ4n) is 7.62. The molecule has 3 aromatic rings. The van der Waals surface area contributed by atoms with Crippen molar-refractivity contribution >= 4 is 23.4 Å². The number of piperazine rings is 1. The summed E-state index contributed by atoms with van der Waals surface area (Å²) in [6, 6.07) is 10.3. The Labute approximate surface area is 245 Å². The fourth-order valence-corrected chi connectivity index (χ4v) is 7.62. The smallest absolute Gasteiger partial charge is 0.225 e. The molecule has 4 aliphatic rings. The second-order valence-corrected chi connectivity index (χ2v) is 12.5. The molecule has 5 heterocycles. The number of likely N-dealkylation sites (tertiary alicyclic amines) is 1. The molecule has 1 amide bonds. The van der Waals surface area contributed by atoms with Gasteiger partial charge in [0.05, 0.1) is 11.4 Å². The normalized spacial score (nSPS) is 26.3. The average molecular weight is 570 g/mol. The van der Waals surface area contributed by atoms with Crippen molar-refractivity contribution < 1.29 is 9.90 Å². The lowest BCUT2D eigenvalue weighted by atomic mass is 9.76. The second kappa shape index (κ2) is 11.0. The third kappa shape index (κ3) is 5.10. The molecule has 42 heavy (non-hydrogen) atoms. The van der Waals surface area contributed by atoms with Crippen LogP contribution in [0.15, 0.2) is 42.7 Å². The third-order valence-electron chi connectivity index (χ3n) is 9.91. The van der Waals surface area contributed by atoms with Crippen LogP contribution in [-0.2, 0) is 4.79 Å². The third-order valence-corrected chi connectivity index (χ3v) is 9.91. The van der Waals surface area contributed by atoms with Crippen molar-refractivity contribution in [2.24, 2.45) is 11.7 Å². The number of fused-ring (bicyclic) bond motifs is 2. The number of benzene rings is 1. The maximum Gasteiger partial charge on any atom is 0.225 e. The van der Waals surface area contributed by atoms with Gasteiger partial charge in [0.1, 0.15) is 5.75 Å². The monoisotopic (exact) mass is 569 g/mol. The number of phenols is 1. The van der Waals surface area contributed by atoms with E-state index in [0.29, 0.717) is 53.5 Å². The van der Waals surface area contributed by atoms with Crippen LogP contribution in [0.1, 0.15) is 56.4 Å². The summed E-state index contributed by atoms with van der Waals surface area (Å²) >= 11 is 0. The molecule has 220 valence electrons. The summed E-state index contributed by atoms with van der Waals surface area (Å²) in [6.45, 7) is 3.78. The number of aromatic hydroxyl groups is 1. The molecule has 3 saturated heterocycles. The first-order chi connectivity index (χ1) is 20.4. The van der Waals surface area contributed by atoms with E-state index in [0.717, 1.165) is 76.3 Å². The Morgan fingerprint density at radius 3 is 2.31 bits per heavy atom. The van der Waals surface area contributed by atoms with E-state index in [2.05, 4.69) is 24.9 Å². The number of amides is 1. The molecule has 4 fully saturated rings. The fraction of sp³-hybridized carbons (Fsp3) is 0.516. The summed E-state index contributed by atoms with van der Waals surface area (Å²) in [5, 5.41) is 18.8. The number of carbonyl (C=O) groups is 1. The number of nitrogens with zero attached hydrogens (tertiary/aromatic N) is 7. The summed E-state index contributed by atoms with van der Waals surface area (Å²) in [6.07, 6.45) is 11.2. The molecule has 7 rings (SSSR count). The van der Waals surface area contributed by atoms with E-state index in [9.17, 15) is 9.90 Å². The van der Waals surface area contributed by atoms with Crippen LogP contribution in [0.5, 0.6) is 5.75 Å². The van der Waals surface area contributed by atoms with Crippen molar-refractivity contribution in [2.45, 2.75) is 69.0 Å². The van der Waals surface area contributed by atoms with Crippen molar-refractivity contribution in [3.8, 4) is 17.0 Å². The molecule has 11 heteroatoms. The molecular weight excluding hydrogens is 530 g/mol. The van der Waals surface area contributed by atoms with Crippen molar-refractivity contribution in [3.05, 3.63) is 48.3 Å². The van der Waals surface area contributed by atoms with Gasteiger partial charge in [-0.2, -0.15) is 0 Å². The Morgan fingerprint density at radius 1 is 0.952 bits per heavy atom. The zero-order valence-corrected chi connectivity index (χ0v) is 23.8. The molecule has 2 aromatic heterocycles. The standard InChI is InChI=1S/C31H39N9O2/c32-29(42)13-19-11-24(12-19)38-9-7-20(8-10-38)21-15-34-31(35-16-21)40-22-5-6-23(40)18-39(17-22)27-14-26(36-37-30(27)33)25-3-1-2-4-28(25)41/h1-4,14-16,19-20,22-24,41H,5-13,17-18H2,(H2,32,42)(H2,33,37)/t19-,22?,23?,24-. The first-order valence-electron chi connectivity index (χ1n) is 15.2. The number of hydrogen-bond donors (Lipinski definition) is 3.